The van der Waals surface area contributed by atoms with Gasteiger partial charge in [-0.3, -0.25) is 9.89 Å². The molecule has 0 aromatic carbocycles. The summed E-state index contributed by atoms with van der Waals surface area (Å²) < 4.78 is 0. The van der Waals surface area contributed by atoms with E-state index in [-0.39, 0.29) is 12.1 Å². The van der Waals surface area contributed by atoms with Gasteiger partial charge in [-0.2, -0.15) is 5.10 Å². The Hall–Kier alpha value is -2.05. The molecule has 7 nitrogen and oxygen atoms in total. The number of aliphatic carboxylic acids is 1. The standard InChI is InChI=1S/C12H18N4O3/c17-11(18)9-4-2-1-3-5-10(9)16-12(19)15-8-6-13-14-7-8/h6-7,9-10H,1-5H2,(H,13,14)(H,17,18)(H2,15,16,19). The van der Waals surface area contributed by atoms with E-state index in [1.807, 2.05) is 0 Å². The van der Waals surface area contributed by atoms with Crippen LogP contribution in [-0.2, 0) is 4.79 Å². The zero-order valence-corrected chi connectivity index (χ0v) is 10.6. The summed E-state index contributed by atoms with van der Waals surface area (Å²) >= 11 is 0. The number of carboxylic acid groups (broad SMARTS) is 1. The lowest BCUT2D eigenvalue weighted by Gasteiger charge is -2.22. The number of nitrogens with one attached hydrogen (secondary N) is 3. The van der Waals surface area contributed by atoms with Crippen molar-refractivity contribution in [3.8, 4) is 0 Å². The number of nitrogens with zero attached hydrogens (tertiary/aromatic N) is 1. The first-order valence-corrected chi connectivity index (χ1v) is 6.46. The molecule has 1 aromatic heterocycles. The van der Waals surface area contributed by atoms with Crippen LogP contribution in [0, 0.1) is 5.92 Å². The Kier molecular flexibility index (Phi) is 4.38. The summed E-state index contributed by atoms with van der Waals surface area (Å²) in [6.07, 6.45) is 7.23. The second-order valence-electron chi connectivity index (χ2n) is 4.77. The quantitative estimate of drug-likeness (QED) is 0.623. The van der Waals surface area contributed by atoms with E-state index in [1.54, 1.807) is 6.20 Å². The summed E-state index contributed by atoms with van der Waals surface area (Å²) in [4.78, 5) is 23.0. The summed E-state index contributed by atoms with van der Waals surface area (Å²) in [6, 6.07) is -0.702. The Morgan fingerprint density at radius 3 is 2.79 bits per heavy atom. The number of carbonyl (C=O) groups excluding carboxylic acids is 1. The van der Waals surface area contributed by atoms with E-state index in [9.17, 15) is 14.7 Å². The van der Waals surface area contributed by atoms with Gasteiger partial charge in [0.2, 0.25) is 0 Å². The molecule has 2 atom stereocenters. The highest BCUT2D eigenvalue weighted by molar-refractivity contribution is 5.89. The fraction of sp³-hybridized carbons (Fsp3) is 0.583. The van der Waals surface area contributed by atoms with E-state index in [1.165, 1.54) is 6.20 Å². The number of aromatic amines is 1. The van der Waals surface area contributed by atoms with E-state index >= 15 is 0 Å². The van der Waals surface area contributed by atoms with Gasteiger partial charge in [-0.25, -0.2) is 4.79 Å². The van der Waals surface area contributed by atoms with Gasteiger partial charge >= 0.3 is 12.0 Å². The third-order valence-electron chi connectivity index (χ3n) is 3.41. The molecule has 0 spiro atoms. The van der Waals surface area contributed by atoms with Crippen LogP contribution in [0.15, 0.2) is 12.4 Å². The molecule has 1 heterocycles. The first-order chi connectivity index (χ1) is 9.16. The van der Waals surface area contributed by atoms with Crippen molar-refractivity contribution in [2.45, 2.75) is 38.1 Å². The van der Waals surface area contributed by atoms with Gasteiger partial charge in [0.15, 0.2) is 0 Å². The number of rotatable bonds is 3. The maximum atomic E-state index is 11.8. The number of carboxylic acids is 1. The molecular weight excluding hydrogens is 248 g/mol. The fourth-order valence-electron chi connectivity index (χ4n) is 2.43. The molecule has 1 fully saturated rings. The summed E-state index contributed by atoms with van der Waals surface area (Å²) in [5.41, 5.74) is 0.554. The number of hydrogen-bond donors (Lipinski definition) is 4. The number of anilines is 1. The predicted octanol–water partition coefficient (Wildman–Crippen LogP) is 1.56. The minimum Gasteiger partial charge on any atom is -0.481 e. The molecule has 2 unspecified atom stereocenters. The van der Waals surface area contributed by atoms with Gasteiger partial charge < -0.3 is 15.7 Å². The van der Waals surface area contributed by atoms with Gasteiger partial charge in [-0.1, -0.05) is 19.3 Å². The van der Waals surface area contributed by atoms with E-state index < -0.39 is 11.9 Å². The topological polar surface area (TPSA) is 107 Å². The van der Waals surface area contributed by atoms with E-state index in [4.69, 9.17) is 0 Å². The molecule has 0 saturated heterocycles. The Morgan fingerprint density at radius 1 is 1.32 bits per heavy atom. The lowest BCUT2D eigenvalue weighted by Crippen LogP contribution is -2.44. The zero-order valence-electron chi connectivity index (χ0n) is 10.6. The number of urea groups is 1. The van der Waals surface area contributed by atoms with E-state index in [0.717, 1.165) is 19.3 Å². The third-order valence-corrected chi connectivity index (χ3v) is 3.41. The molecule has 0 aliphatic heterocycles. The normalized spacial score (nSPS) is 23.4. The molecule has 7 heteroatoms. The number of hydrogen-bond acceptors (Lipinski definition) is 3. The number of amides is 2. The maximum absolute atomic E-state index is 11.8. The Morgan fingerprint density at radius 2 is 2.11 bits per heavy atom. The smallest absolute Gasteiger partial charge is 0.319 e. The first-order valence-electron chi connectivity index (χ1n) is 6.46. The van der Waals surface area contributed by atoms with Crippen molar-refractivity contribution < 1.29 is 14.7 Å². The van der Waals surface area contributed by atoms with Gasteiger partial charge in [0, 0.05) is 12.2 Å². The van der Waals surface area contributed by atoms with Crippen LogP contribution in [0.5, 0.6) is 0 Å². The average Bonchev–Trinajstić information content (AvgIpc) is 2.73. The maximum Gasteiger partial charge on any atom is 0.319 e. The second-order valence-corrected chi connectivity index (χ2v) is 4.77. The summed E-state index contributed by atoms with van der Waals surface area (Å²) in [5, 5.41) is 20.9. The third kappa shape index (κ3) is 3.70. The SMILES string of the molecule is O=C(Nc1cn[nH]c1)NC1CCCCCC1C(=O)O. The highest BCUT2D eigenvalue weighted by Gasteiger charge is 2.30. The van der Waals surface area contributed by atoms with Crippen molar-refractivity contribution in [2.24, 2.45) is 5.92 Å². The Bertz CT molecular complexity index is 432. The lowest BCUT2D eigenvalue weighted by molar-refractivity contribution is -0.142. The minimum atomic E-state index is -0.837. The molecule has 0 bridgehead atoms. The lowest BCUT2D eigenvalue weighted by atomic mass is 9.95. The van der Waals surface area contributed by atoms with Crippen molar-refractivity contribution in [3.63, 3.8) is 0 Å². The van der Waals surface area contributed by atoms with Crippen molar-refractivity contribution in [1.82, 2.24) is 15.5 Å². The van der Waals surface area contributed by atoms with Crippen LogP contribution in [0.25, 0.3) is 0 Å². The molecule has 2 amide bonds. The summed E-state index contributed by atoms with van der Waals surface area (Å²) in [5.74, 6) is -1.34. The summed E-state index contributed by atoms with van der Waals surface area (Å²) in [6.45, 7) is 0. The van der Waals surface area contributed by atoms with Gasteiger partial charge in [0.25, 0.3) is 0 Å². The van der Waals surface area contributed by atoms with Crippen molar-refractivity contribution >= 4 is 17.7 Å². The van der Waals surface area contributed by atoms with Crippen LogP contribution < -0.4 is 10.6 Å². The van der Waals surface area contributed by atoms with Crippen LogP contribution in [0.4, 0.5) is 10.5 Å². The Labute approximate surface area is 110 Å². The van der Waals surface area contributed by atoms with Gasteiger partial charge in [-0.05, 0) is 12.8 Å². The van der Waals surface area contributed by atoms with Gasteiger partial charge in [-0.15, -0.1) is 0 Å². The highest BCUT2D eigenvalue weighted by atomic mass is 16.4. The van der Waals surface area contributed by atoms with Crippen molar-refractivity contribution in [1.29, 1.82) is 0 Å². The van der Waals surface area contributed by atoms with Crippen LogP contribution in [-0.4, -0.2) is 33.3 Å². The Balaban J connectivity index is 1.94. The van der Waals surface area contributed by atoms with Gasteiger partial charge in [0.1, 0.15) is 0 Å². The molecule has 1 aromatic rings. The largest absolute Gasteiger partial charge is 0.481 e. The van der Waals surface area contributed by atoms with Crippen molar-refractivity contribution in [2.75, 3.05) is 5.32 Å². The molecule has 1 saturated carbocycles. The number of H-pyrrole nitrogens is 1. The van der Waals surface area contributed by atoms with Gasteiger partial charge in [0.05, 0.1) is 17.8 Å². The molecule has 4 N–H and O–H groups in total. The first kappa shape index (κ1) is 13.4. The molecule has 2 rings (SSSR count). The monoisotopic (exact) mass is 266 g/mol. The van der Waals surface area contributed by atoms with Crippen LogP contribution in [0.3, 0.4) is 0 Å². The van der Waals surface area contributed by atoms with Crippen LogP contribution >= 0.6 is 0 Å². The minimum absolute atomic E-state index is 0.313. The average molecular weight is 266 g/mol. The zero-order chi connectivity index (χ0) is 13.7. The molecule has 1 aliphatic carbocycles. The number of aromatic nitrogens is 2. The molecular formula is C12H18N4O3. The van der Waals surface area contributed by atoms with Crippen molar-refractivity contribution in [3.05, 3.63) is 12.4 Å². The predicted molar refractivity (Wildman–Crippen MR) is 68.7 cm³/mol. The van der Waals surface area contributed by atoms with E-state index in [2.05, 4.69) is 20.8 Å². The molecule has 1 aliphatic rings. The fourth-order valence-corrected chi connectivity index (χ4v) is 2.43. The van der Waals surface area contributed by atoms with E-state index in [0.29, 0.717) is 18.5 Å². The molecule has 104 valence electrons. The second kappa shape index (κ2) is 6.21. The van der Waals surface area contributed by atoms with Crippen LogP contribution in [0.1, 0.15) is 32.1 Å². The molecule has 19 heavy (non-hydrogen) atoms. The highest BCUT2D eigenvalue weighted by Crippen LogP contribution is 2.23. The number of carbonyl (C=O) groups is 2. The molecule has 0 radical (unpaired) electrons. The summed E-state index contributed by atoms with van der Waals surface area (Å²) in [7, 11) is 0. The van der Waals surface area contributed by atoms with Crippen LogP contribution in [0.2, 0.25) is 0 Å².